The number of carboxylic acids is 1. The molecule has 1 aliphatic heterocycles. The van der Waals surface area contributed by atoms with Crippen molar-refractivity contribution in [3.8, 4) is 0 Å². The molecule has 1 atom stereocenters. The van der Waals surface area contributed by atoms with Gasteiger partial charge in [-0.3, -0.25) is 9.69 Å². The van der Waals surface area contributed by atoms with Crippen molar-refractivity contribution in [2.45, 2.75) is 12.6 Å². The van der Waals surface area contributed by atoms with E-state index < -0.39 is 12.1 Å². The number of ether oxygens (including phenoxy) is 1. The summed E-state index contributed by atoms with van der Waals surface area (Å²) in [6, 6.07) is 6.22. The molecule has 1 aliphatic rings. The summed E-state index contributed by atoms with van der Waals surface area (Å²) in [5.74, 6) is -1.68. The largest absolute Gasteiger partial charge is 0.479 e. The van der Waals surface area contributed by atoms with Crippen LogP contribution in [0.5, 0.6) is 0 Å². The molecule has 0 aromatic heterocycles. The first-order chi connectivity index (χ1) is 10.1. The van der Waals surface area contributed by atoms with Crippen molar-refractivity contribution in [2.24, 2.45) is 0 Å². The number of amides is 1. The summed E-state index contributed by atoms with van der Waals surface area (Å²) in [5.41, 5.74) is 0.413. The van der Waals surface area contributed by atoms with Gasteiger partial charge in [0.1, 0.15) is 5.82 Å². The Bertz CT molecular complexity index is 523. The van der Waals surface area contributed by atoms with E-state index >= 15 is 0 Å². The van der Waals surface area contributed by atoms with Gasteiger partial charge in [0, 0.05) is 25.2 Å². The van der Waals surface area contributed by atoms with Gasteiger partial charge < -0.3 is 15.2 Å². The van der Waals surface area contributed by atoms with Gasteiger partial charge in [-0.15, -0.1) is 0 Å². The van der Waals surface area contributed by atoms with Gasteiger partial charge in [0.15, 0.2) is 6.10 Å². The third-order valence-corrected chi connectivity index (χ3v) is 3.23. The fourth-order valence-corrected chi connectivity index (χ4v) is 2.09. The normalized spacial score (nSPS) is 19.2. The van der Waals surface area contributed by atoms with Crippen LogP contribution in [0.4, 0.5) is 4.39 Å². The third kappa shape index (κ3) is 4.51. The maximum Gasteiger partial charge on any atom is 0.334 e. The van der Waals surface area contributed by atoms with Crippen LogP contribution in [0.2, 0.25) is 0 Å². The standard InChI is InChI=1S/C14H17FN2O4/c15-11-4-2-1-3-10(11)7-16-13(18)9-17-5-6-21-12(8-17)14(19)20/h1-4,12H,5-9H2,(H,16,18)(H,19,20). The van der Waals surface area contributed by atoms with Crippen LogP contribution in [-0.2, 0) is 20.9 Å². The van der Waals surface area contributed by atoms with E-state index in [4.69, 9.17) is 9.84 Å². The number of rotatable bonds is 5. The number of morpholine rings is 1. The second-order valence-electron chi connectivity index (χ2n) is 4.80. The van der Waals surface area contributed by atoms with Crippen molar-refractivity contribution >= 4 is 11.9 Å². The van der Waals surface area contributed by atoms with Crippen molar-refractivity contribution in [1.82, 2.24) is 10.2 Å². The maximum absolute atomic E-state index is 13.4. The van der Waals surface area contributed by atoms with E-state index in [2.05, 4.69) is 5.32 Å². The predicted octanol–water partition coefficient (Wildman–Crippen LogP) is 0.227. The molecule has 1 saturated heterocycles. The van der Waals surface area contributed by atoms with Crippen LogP contribution in [0.25, 0.3) is 0 Å². The lowest BCUT2D eigenvalue weighted by atomic mass is 10.2. The zero-order chi connectivity index (χ0) is 15.2. The molecule has 7 heteroatoms. The molecule has 0 saturated carbocycles. The quantitative estimate of drug-likeness (QED) is 0.813. The van der Waals surface area contributed by atoms with Crippen LogP contribution in [0.15, 0.2) is 24.3 Å². The Balaban J connectivity index is 1.79. The number of carboxylic acid groups (broad SMARTS) is 1. The summed E-state index contributed by atoms with van der Waals surface area (Å²) in [6.45, 7) is 1.12. The molecule has 1 amide bonds. The summed E-state index contributed by atoms with van der Waals surface area (Å²) in [4.78, 5) is 24.4. The van der Waals surface area contributed by atoms with E-state index in [1.807, 2.05) is 0 Å². The summed E-state index contributed by atoms with van der Waals surface area (Å²) in [5, 5.41) is 11.5. The van der Waals surface area contributed by atoms with Gasteiger partial charge in [0.2, 0.25) is 5.91 Å². The smallest absolute Gasteiger partial charge is 0.334 e. The number of nitrogens with one attached hydrogen (secondary N) is 1. The predicted molar refractivity (Wildman–Crippen MR) is 72.1 cm³/mol. The van der Waals surface area contributed by atoms with Crippen LogP contribution in [0.1, 0.15) is 5.56 Å². The number of carbonyl (C=O) groups excluding carboxylic acids is 1. The van der Waals surface area contributed by atoms with Gasteiger partial charge in [-0.1, -0.05) is 18.2 Å². The van der Waals surface area contributed by atoms with Gasteiger partial charge in [-0.2, -0.15) is 0 Å². The maximum atomic E-state index is 13.4. The zero-order valence-electron chi connectivity index (χ0n) is 11.4. The van der Waals surface area contributed by atoms with Crippen molar-refractivity contribution < 1.29 is 23.8 Å². The van der Waals surface area contributed by atoms with Gasteiger partial charge in [-0.25, -0.2) is 9.18 Å². The van der Waals surface area contributed by atoms with Crippen LogP contribution in [0.3, 0.4) is 0 Å². The fourth-order valence-electron chi connectivity index (χ4n) is 2.09. The molecule has 6 nitrogen and oxygen atoms in total. The van der Waals surface area contributed by atoms with Crippen molar-refractivity contribution in [3.05, 3.63) is 35.6 Å². The van der Waals surface area contributed by atoms with Crippen LogP contribution >= 0.6 is 0 Å². The molecule has 1 heterocycles. The van der Waals surface area contributed by atoms with Crippen LogP contribution in [0, 0.1) is 5.82 Å². The van der Waals surface area contributed by atoms with Gasteiger partial charge in [-0.05, 0) is 6.07 Å². The summed E-state index contributed by atoms with van der Waals surface area (Å²) in [6.07, 6.45) is -0.905. The van der Waals surface area contributed by atoms with Crippen LogP contribution in [-0.4, -0.2) is 54.2 Å². The third-order valence-electron chi connectivity index (χ3n) is 3.23. The van der Waals surface area contributed by atoms with E-state index in [-0.39, 0.29) is 38.0 Å². The molecule has 2 rings (SSSR count). The van der Waals surface area contributed by atoms with Gasteiger partial charge in [0.25, 0.3) is 0 Å². The minimum atomic E-state index is -1.04. The molecule has 1 unspecified atom stereocenters. The summed E-state index contributed by atoms with van der Waals surface area (Å²) < 4.78 is 18.5. The molecule has 0 bridgehead atoms. The Morgan fingerprint density at radius 3 is 2.90 bits per heavy atom. The average molecular weight is 296 g/mol. The minimum Gasteiger partial charge on any atom is -0.479 e. The highest BCUT2D eigenvalue weighted by atomic mass is 19.1. The number of halogens is 1. The molecule has 0 aliphatic carbocycles. The average Bonchev–Trinajstić information content (AvgIpc) is 2.46. The summed E-state index contributed by atoms with van der Waals surface area (Å²) >= 11 is 0. The molecule has 0 spiro atoms. The highest BCUT2D eigenvalue weighted by molar-refractivity contribution is 5.78. The molecule has 114 valence electrons. The van der Waals surface area contributed by atoms with E-state index in [1.54, 1.807) is 23.1 Å². The Morgan fingerprint density at radius 1 is 1.43 bits per heavy atom. The Morgan fingerprint density at radius 2 is 2.19 bits per heavy atom. The SMILES string of the molecule is O=C(CN1CCOC(C(=O)O)C1)NCc1ccccc1F. The Kier molecular flexibility index (Phi) is 5.24. The monoisotopic (exact) mass is 296 g/mol. The second-order valence-corrected chi connectivity index (χ2v) is 4.80. The second kappa shape index (κ2) is 7.14. The topological polar surface area (TPSA) is 78.9 Å². The molecular weight excluding hydrogens is 279 g/mol. The van der Waals surface area contributed by atoms with Crippen molar-refractivity contribution in [3.63, 3.8) is 0 Å². The number of carbonyl (C=O) groups is 2. The highest BCUT2D eigenvalue weighted by Gasteiger charge is 2.27. The molecule has 1 aromatic rings. The van der Waals surface area contributed by atoms with Crippen molar-refractivity contribution in [2.75, 3.05) is 26.2 Å². The summed E-state index contributed by atoms with van der Waals surface area (Å²) in [7, 11) is 0. The lowest BCUT2D eigenvalue weighted by Gasteiger charge is -2.30. The molecule has 1 aromatic carbocycles. The number of aliphatic carboxylic acids is 1. The first-order valence-corrected chi connectivity index (χ1v) is 6.63. The number of hydrogen-bond donors (Lipinski definition) is 2. The highest BCUT2D eigenvalue weighted by Crippen LogP contribution is 2.07. The molecule has 0 radical (unpaired) electrons. The van der Waals surface area contributed by atoms with E-state index in [9.17, 15) is 14.0 Å². The zero-order valence-corrected chi connectivity index (χ0v) is 11.4. The molecule has 1 fully saturated rings. The number of hydrogen-bond acceptors (Lipinski definition) is 4. The molecular formula is C14H17FN2O4. The Hall–Kier alpha value is -1.99. The lowest BCUT2D eigenvalue weighted by Crippen LogP contribution is -2.49. The minimum absolute atomic E-state index is 0.0710. The van der Waals surface area contributed by atoms with Crippen molar-refractivity contribution in [1.29, 1.82) is 0 Å². The number of benzene rings is 1. The van der Waals surface area contributed by atoms with Gasteiger partial charge >= 0.3 is 5.97 Å². The van der Waals surface area contributed by atoms with E-state index in [0.29, 0.717) is 12.1 Å². The van der Waals surface area contributed by atoms with E-state index in [0.717, 1.165) is 0 Å². The van der Waals surface area contributed by atoms with Gasteiger partial charge in [0.05, 0.1) is 13.2 Å². The first-order valence-electron chi connectivity index (χ1n) is 6.63. The molecule has 21 heavy (non-hydrogen) atoms. The number of nitrogens with zero attached hydrogens (tertiary/aromatic N) is 1. The van der Waals surface area contributed by atoms with Crippen LogP contribution < -0.4 is 5.32 Å². The van der Waals surface area contributed by atoms with E-state index in [1.165, 1.54) is 6.07 Å². The Labute approximate surface area is 121 Å². The lowest BCUT2D eigenvalue weighted by molar-refractivity contribution is -0.156. The fraction of sp³-hybridized carbons (Fsp3) is 0.429. The molecule has 2 N–H and O–H groups in total. The first kappa shape index (κ1) is 15.4.